The molecule has 12 nitrogen and oxygen atoms in total. The van der Waals surface area contributed by atoms with Gasteiger partial charge in [-0.3, -0.25) is 9.59 Å². The number of hydrogen-bond donors (Lipinski definition) is 4. The fourth-order valence-electron chi connectivity index (χ4n) is 7.30. The van der Waals surface area contributed by atoms with Crippen LogP contribution in [0, 0.1) is 5.92 Å². The van der Waals surface area contributed by atoms with E-state index in [4.69, 9.17) is 19.4 Å². The molecule has 0 spiro atoms. The molecular formula is C40H46N6O6S. The Balaban J connectivity index is 1.22. The molecule has 2 aromatic heterocycles. The van der Waals surface area contributed by atoms with Crippen molar-refractivity contribution in [2.75, 3.05) is 24.3 Å². The van der Waals surface area contributed by atoms with E-state index in [1.54, 1.807) is 12.0 Å². The van der Waals surface area contributed by atoms with E-state index in [2.05, 4.69) is 29.8 Å². The first-order valence-corrected chi connectivity index (χ1v) is 19.2. The van der Waals surface area contributed by atoms with Crippen molar-refractivity contribution < 1.29 is 29.0 Å². The molecule has 2 fully saturated rings. The molecular weight excluding hydrogens is 693 g/mol. The van der Waals surface area contributed by atoms with Gasteiger partial charge in [0.2, 0.25) is 11.8 Å². The van der Waals surface area contributed by atoms with Crippen LogP contribution in [-0.4, -0.2) is 81.2 Å². The number of pyridine rings is 1. The second-order valence-corrected chi connectivity index (χ2v) is 15.3. The molecule has 4 aromatic rings. The van der Waals surface area contributed by atoms with Gasteiger partial charge in [-0.05, 0) is 63.8 Å². The van der Waals surface area contributed by atoms with Crippen molar-refractivity contribution in [2.45, 2.75) is 88.6 Å². The van der Waals surface area contributed by atoms with Crippen LogP contribution in [0.15, 0.2) is 72.1 Å². The zero-order valence-electron chi connectivity index (χ0n) is 30.2. The number of hydrogen-bond acceptors (Lipinski definition) is 10. The van der Waals surface area contributed by atoms with Crippen LogP contribution < -0.4 is 25.4 Å². The van der Waals surface area contributed by atoms with Crippen molar-refractivity contribution in [3.8, 4) is 22.9 Å². The molecule has 4 heterocycles. The summed E-state index contributed by atoms with van der Waals surface area (Å²) in [5.74, 6) is -0.916. The molecule has 5 atom stereocenters. The number of methoxy groups -OCH3 is 1. The number of aliphatic carboxylic acids is 1. The molecule has 1 saturated carbocycles. The zero-order chi connectivity index (χ0) is 37.1. The Bertz CT molecular complexity index is 2000. The number of allylic oxidation sites excluding steroid dienone is 1. The minimum Gasteiger partial charge on any atom is -0.497 e. The summed E-state index contributed by atoms with van der Waals surface area (Å²) in [6, 6.07) is 15.7. The van der Waals surface area contributed by atoms with E-state index >= 15 is 0 Å². The van der Waals surface area contributed by atoms with E-state index in [9.17, 15) is 19.5 Å². The number of thiazole rings is 1. The molecule has 278 valence electrons. The molecule has 53 heavy (non-hydrogen) atoms. The largest absolute Gasteiger partial charge is 0.497 e. The van der Waals surface area contributed by atoms with Crippen LogP contribution in [0.2, 0.25) is 0 Å². The van der Waals surface area contributed by atoms with Gasteiger partial charge < -0.3 is 35.4 Å². The van der Waals surface area contributed by atoms with Gasteiger partial charge in [-0.25, -0.2) is 14.8 Å². The van der Waals surface area contributed by atoms with Crippen molar-refractivity contribution in [1.29, 1.82) is 0 Å². The van der Waals surface area contributed by atoms with Crippen molar-refractivity contribution >= 4 is 50.8 Å². The molecule has 0 bridgehead atoms. The summed E-state index contributed by atoms with van der Waals surface area (Å²) in [6.45, 7) is 4.24. The number of carboxylic acids is 1. The van der Waals surface area contributed by atoms with Crippen LogP contribution in [0.5, 0.6) is 11.5 Å². The highest BCUT2D eigenvalue weighted by Crippen LogP contribution is 2.45. The third-order valence-electron chi connectivity index (χ3n) is 10.2. The second-order valence-electron chi connectivity index (χ2n) is 14.4. The van der Waals surface area contributed by atoms with Crippen LogP contribution in [0.4, 0.5) is 10.8 Å². The number of amides is 2. The van der Waals surface area contributed by atoms with Gasteiger partial charge in [-0.1, -0.05) is 43.2 Å². The number of ether oxygens (including phenoxy) is 2. The van der Waals surface area contributed by atoms with Gasteiger partial charge in [0.15, 0.2) is 5.13 Å². The van der Waals surface area contributed by atoms with Gasteiger partial charge in [0.25, 0.3) is 0 Å². The number of rotatable bonds is 9. The first-order chi connectivity index (χ1) is 25.6. The summed E-state index contributed by atoms with van der Waals surface area (Å²) in [5, 5.41) is 23.4. The molecule has 13 heteroatoms. The normalized spacial score (nSPS) is 24.8. The molecule has 2 aliphatic heterocycles. The molecule has 3 aliphatic rings. The fraction of sp³-hybridized carbons (Fsp3) is 0.425. The van der Waals surface area contributed by atoms with Crippen LogP contribution in [0.25, 0.3) is 22.3 Å². The van der Waals surface area contributed by atoms with Crippen LogP contribution in [-0.2, 0) is 14.4 Å². The number of benzene rings is 2. The van der Waals surface area contributed by atoms with E-state index in [-0.39, 0.29) is 30.8 Å². The van der Waals surface area contributed by atoms with Gasteiger partial charge in [-0.2, -0.15) is 0 Å². The first-order valence-electron chi connectivity index (χ1n) is 18.4. The minimum atomic E-state index is -1.39. The summed E-state index contributed by atoms with van der Waals surface area (Å²) in [7, 11) is 1.60. The third-order valence-corrected chi connectivity index (χ3v) is 11.0. The lowest BCUT2D eigenvalue weighted by Crippen LogP contribution is -2.55. The number of anilines is 2. The number of carbonyl (C=O) groups excluding carboxylic acids is 2. The van der Waals surface area contributed by atoms with Gasteiger partial charge in [-0.15, -0.1) is 11.3 Å². The number of nitrogens with zero attached hydrogens (tertiary/aromatic N) is 3. The number of para-hydroxylation sites is 1. The highest BCUT2D eigenvalue weighted by atomic mass is 32.1. The van der Waals surface area contributed by atoms with Crippen molar-refractivity contribution in [3.63, 3.8) is 0 Å². The maximum Gasteiger partial charge on any atom is 0.330 e. The number of carbonyl (C=O) groups is 3. The number of nitrogens with one attached hydrogen (secondary N) is 3. The highest BCUT2D eigenvalue weighted by molar-refractivity contribution is 7.14. The lowest BCUT2D eigenvalue weighted by Gasteiger charge is -2.30. The smallest absolute Gasteiger partial charge is 0.330 e. The lowest BCUT2D eigenvalue weighted by atomic mass is 10.0. The highest BCUT2D eigenvalue weighted by Gasteiger charge is 2.61. The second kappa shape index (κ2) is 15.4. The Kier molecular flexibility index (Phi) is 10.5. The molecule has 2 aromatic carbocycles. The van der Waals surface area contributed by atoms with Gasteiger partial charge in [0.05, 0.1) is 24.9 Å². The number of carboxylic acid groups (broad SMARTS) is 1. The first kappa shape index (κ1) is 36.2. The van der Waals surface area contributed by atoms with Crippen molar-refractivity contribution in [3.05, 3.63) is 72.1 Å². The number of fused-ring (bicyclic) bond motifs is 3. The Morgan fingerprint density at radius 2 is 1.91 bits per heavy atom. The van der Waals surface area contributed by atoms with Gasteiger partial charge in [0.1, 0.15) is 40.9 Å². The Hall–Kier alpha value is -5.17. The summed E-state index contributed by atoms with van der Waals surface area (Å²) >= 11 is 1.49. The van der Waals surface area contributed by atoms with Crippen molar-refractivity contribution in [1.82, 2.24) is 20.2 Å². The summed E-state index contributed by atoms with van der Waals surface area (Å²) in [6.07, 6.45) is 7.91. The van der Waals surface area contributed by atoms with E-state index < -0.39 is 35.6 Å². The maximum atomic E-state index is 14.6. The van der Waals surface area contributed by atoms with Crippen LogP contribution >= 0.6 is 11.3 Å². The van der Waals surface area contributed by atoms with Crippen molar-refractivity contribution in [2.24, 2.45) is 5.92 Å². The van der Waals surface area contributed by atoms with Gasteiger partial charge >= 0.3 is 5.97 Å². The summed E-state index contributed by atoms with van der Waals surface area (Å²) < 4.78 is 12.3. The van der Waals surface area contributed by atoms with E-state index in [0.717, 1.165) is 41.9 Å². The van der Waals surface area contributed by atoms with Crippen LogP contribution in [0.3, 0.4) is 0 Å². The molecule has 4 N–H and O–H groups in total. The Morgan fingerprint density at radius 1 is 1.08 bits per heavy atom. The molecule has 0 unspecified atom stereocenters. The van der Waals surface area contributed by atoms with Gasteiger partial charge in [0, 0.05) is 47.0 Å². The van der Waals surface area contributed by atoms with Crippen LogP contribution in [0.1, 0.15) is 58.8 Å². The number of aromatic nitrogens is 2. The van der Waals surface area contributed by atoms with E-state index in [1.807, 2.05) is 72.1 Å². The SMILES string of the molecule is COc1ccc2c(O[C@@H]3C[C@H]4C(=O)N[C@]5(C(=O)O)C[C@H]5C=CCCCCC[C@H](Nc5ccccc5)C(=O)N4C3)cc(-c3csc(NC(C)C)n3)nc2c1. The minimum absolute atomic E-state index is 0.141. The molecule has 1 saturated heterocycles. The Labute approximate surface area is 313 Å². The monoisotopic (exact) mass is 738 g/mol. The Morgan fingerprint density at radius 3 is 2.68 bits per heavy atom. The molecule has 7 rings (SSSR count). The molecule has 2 amide bonds. The molecule has 1 aliphatic carbocycles. The third kappa shape index (κ3) is 7.95. The quantitative estimate of drug-likeness (QED) is 0.140. The van der Waals surface area contributed by atoms with E-state index in [0.29, 0.717) is 41.2 Å². The summed E-state index contributed by atoms with van der Waals surface area (Å²) in [5.41, 5.74) is 1.36. The average molecular weight is 739 g/mol. The van der Waals surface area contributed by atoms with E-state index in [1.165, 1.54) is 11.3 Å². The standard InChI is InChI=1S/C40H46N6O6S/c1-24(2)41-39-44-33(23-53-39)32-20-35(29-17-16-27(51-3)18-31(29)43-32)52-28-19-34-36(47)45-40(38(49)50)21-25(40)12-8-5-4-6-11-15-30(37(48)46(34)22-28)42-26-13-9-7-10-14-26/h7-10,12-14,16-18,20,23-25,28,30,34,42H,4-6,11,15,19,21-22H2,1-3H3,(H,41,44)(H,45,47)(H,49,50)/t25-,28-,30+,34+,40-/m1/s1. The predicted molar refractivity (Wildman–Crippen MR) is 205 cm³/mol. The fourth-order valence-corrected chi connectivity index (χ4v) is 8.15. The average Bonchev–Trinajstić information content (AvgIpc) is 3.42. The topological polar surface area (TPSA) is 155 Å². The maximum absolute atomic E-state index is 14.6. The molecule has 0 radical (unpaired) electrons. The summed E-state index contributed by atoms with van der Waals surface area (Å²) in [4.78, 5) is 52.6. The zero-order valence-corrected chi connectivity index (χ0v) is 31.0. The predicted octanol–water partition coefficient (Wildman–Crippen LogP) is 6.50. The lowest BCUT2D eigenvalue weighted by molar-refractivity contribution is -0.145.